The number of hydrogen-bond acceptors (Lipinski definition) is 4. The molecule has 5 nitrogen and oxygen atoms in total. The maximum atomic E-state index is 14.1. The van der Waals surface area contributed by atoms with Crippen molar-refractivity contribution in [3.05, 3.63) is 68.1 Å². The van der Waals surface area contributed by atoms with Crippen LogP contribution in [0.2, 0.25) is 5.02 Å². The molecule has 0 aliphatic carbocycles. The van der Waals surface area contributed by atoms with Crippen molar-refractivity contribution in [2.24, 2.45) is 5.14 Å². The first-order valence-corrected chi connectivity index (χ1v) is 9.47. The molecule has 3 rings (SSSR count). The van der Waals surface area contributed by atoms with Crippen molar-refractivity contribution in [1.29, 1.82) is 0 Å². The van der Waals surface area contributed by atoms with E-state index in [-0.39, 0.29) is 16.1 Å². The molecule has 25 heavy (non-hydrogen) atoms. The zero-order valence-electron chi connectivity index (χ0n) is 12.2. The monoisotopic (exact) mass is 402 g/mol. The van der Waals surface area contributed by atoms with Crippen LogP contribution < -0.4 is 10.0 Å². The highest BCUT2D eigenvalue weighted by molar-refractivity contribution is 7.89. The molecule has 0 aliphatic heterocycles. The van der Waals surface area contributed by atoms with Crippen LogP contribution in [0.15, 0.2) is 51.5 Å². The van der Waals surface area contributed by atoms with Gasteiger partial charge in [-0.15, -0.1) is 0 Å². The molecule has 0 radical (unpaired) electrons. The van der Waals surface area contributed by atoms with Crippen molar-refractivity contribution in [2.45, 2.75) is 4.90 Å². The molecule has 0 bridgehead atoms. The smallest absolute Gasteiger partial charge is 0.267 e. The summed E-state index contributed by atoms with van der Waals surface area (Å²) in [5, 5.41) is 6.69. The van der Waals surface area contributed by atoms with E-state index in [4.69, 9.17) is 16.7 Å². The Kier molecular flexibility index (Phi) is 4.50. The Hall–Kier alpha value is -2.07. The molecule has 1 heterocycles. The molecule has 0 aliphatic rings. The molecule has 1 aromatic heterocycles. The summed E-state index contributed by atoms with van der Waals surface area (Å²) in [7, 11) is -4.56. The van der Waals surface area contributed by atoms with Crippen LogP contribution >= 0.6 is 22.9 Å². The van der Waals surface area contributed by atoms with Crippen molar-refractivity contribution in [3.8, 4) is 16.9 Å². The second-order valence-electron chi connectivity index (χ2n) is 5.01. The van der Waals surface area contributed by atoms with E-state index in [0.717, 1.165) is 23.5 Å². The Labute approximate surface area is 150 Å². The fraction of sp³-hybridized carbons (Fsp3) is 0. The minimum absolute atomic E-state index is 0.00398. The van der Waals surface area contributed by atoms with Crippen molar-refractivity contribution < 1.29 is 17.2 Å². The SMILES string of the molecule is NS(=O)(=O)c1c(F)cc(-c2csc(=O)n2-c2ccc(Cl)cc2)cc1F. The highest BCUT2D eigenvalue weighted by Gasteiger charge is 2.23. The van der Waals surface area contributed by atoms with E-state index in [1.807, 2.05) is 0 Å². The fourth-order valence-electron chi connectivity index (χ4n) is 2.32. The molecule has 10 heteroatoms. The standard InChI is InChI=1S/C15H9ClF2N2O3S2/c16-9-1-3-10(4-2-9)20-13(7-24-15(20)21)8-5-11(17)14(12(18)6-8)25(19,22)23/h1-7H,(H2,19,22,23). The molecule has 0 saturated heterocycles. The normalized spacial score (nSPS) is 11.7. The van der Waals surface area contributed by atoms with Crippen molar-refractivity contribution in [2.75, 3.05) is 0 Å². The number of rotatable bonds is 3. The van der Waals surface area contributed by atoms with Crippen LogP contribution in [0.5, 0.6) is 0 Å². The van der Waals surface area contributed by atoms with Crippen molar-refractivity contribution in [1.82, 2.24) is 4.57 Å². The van der Waals surface area contributed by atoms with Gasteiger partial charge in [0.2, 0.25) is 10.0 Å². The van der Waals surface area contributed by atoms with Crippen LogP contribution in [0.1, 0.15) is 0 Å². The maximum Gasteiger partial charge on any atom is 0.312 e. The van der Waals surface area contributed by atoms with Gasteiger partial charge in [0.25, 0.3) is 0 Å². The number of hydrogen-bond donors (Lipinski definition) is 1. The largest absolute Gasteiger partial charge is 0.312 e. The van der Waals surface area contributed by atoms with E-state index in [2.05, 4.69) is 0 Å². The molecule has 0 fully saturated rings. The van der Waals surface area contributed by atoms with E-state index in [0.29, 0.717) is 10.7 Å². The lowest BCUT2D eigenvalue weighted by atomic mass is 10.1. The molecule has 2 aromatic carbocycles. The second-order valence-corrected chi connectivity index (χ2v) is 7.77. The first kappa shape index (κ1) is 17.7. The molecule has 3 aromatic rings. The summed E-state index contributed by atoms with van der Waals surface area (Å²) in [6.07, 6.45) is 0. The average molecular weight is 403 g/mol. The van der Waals surface area contributed by atoms with E-state index >= 15 is 0 Å². The van der Waals surface area contributed by atoms with Gasteiger partial charge in [-0.2, -0.15) is 0 Å². The van der Waals surface area contributed by atoms with Gasteiger partial charge >= 0.3 is 4.87 Å². The van der Waals surface area contributed by atoms with Crippen LogP contribution in [0, 0.1) is 11.6 Å². The van der Waals surface area contributed by atoms with Gasteiger partial charge in [-0.3, -0.25) is 9.36 Å². The first-order chi connectivity index (χ1) is 11.7. The summed E-state index contributed by atoms with van der Waals surface area (Å²) in [5.41, 5.74) is 0.647. The molecule has 0 amide bonds. The number of nitrogens with zero attached hydrogens (tertiary/aromatic N) is 1. The maximum absolute atomic E-state index is 14.1. The predicted octanol–water partition coefficient (Wildman–Crippen LogP) is 3.15. The van der Waals surface area contributed by atoms with Gasteiger partial charge in [0.1, 0.15) is 11.6 Å². The quantitative estimate of drug-likeness (QED) is 0.730. The van der Waals surface area contributed by atoms with E-state index in [1.54, 1.807) is 24.3 Å². The number of primary sulfonamides is 1. The van der Waals surface area contributed by atoms with Gasteiger partial charge in [0.15, 0.2) is 4.90 Å². The van der Waals surface area contributed by atoms with Gasteiger partial charge in [-0.05, 0) is 36.4 Å². The van der Waals surface area contributed by atoms with E-state index in [1.165, 1.54) is 9.95 Å². The summed E-state index contributed by atoms with van der Waals surface area (Å²) in [5.74, 6) is -2.67. The number of sulfonamides is 1. The molecule has 0 spiro atoms. The summed E-state index contributed by atoms with van der Waals surface area (Å²) in [6.45, 7) is 0. The molecular weight excluding hydrogens is 394 g/mol. The minimum Gasteiger partial charge on any atom is -0.267 e. The first-order valence-electron chi connectivity index (χ1n) is 6.67. The fourth-order valence-corrected chi connectivity index (χ4v) is 3.87. The number of halogens is 3. The Morgan fingerprint density at radius 3 is 2.16 bits per heavy atom. The topological polar surface area (TPSA) is 82.2 Å². The van der Waals surface area contributed by atoms with Crippen molar-refractivity contribution >= 4 is 33.0 Å². The van der Waals surface area contributed by atoms with Crippen LogP contribution in [0.4, 0.5) is 8.78 Å². The summed E-state index contributed by atoms with van der Waals surface area (Å²) < 4.78 is 52.0. The molecule has 130 valence electrons. The highest BCUT2D eigenvalue weighted by atomic mass is 35.5. The Morgan fingerprint density at radius 1 is 1.08 bits per heavy atom. The predicted molar refractivity (Wildman–Crippen MR) is 91.7 cm³/mol. The molecule has 0 unspecified atom stereocenters. The Morgan fingerprint density at radius 2 is 1.64 bits per heavy atom. The Balaban J connectivity index is 2.23. The minimum atomic E-state index is -4.56. The summed E-state index contributed by atoms with van der Waals surface area (Å²) >= 11 is 6.65. The number of benzene rings is 2. The lowest BCUT2D eigenvalue weighted by Crippen LogP contribution is -2.16. The van der Waals surface area contributed by atoms with Gasteiger partial charge < -0.3 is 0 Å². The number of aromatic nitrogens is 1. The second kappa shape index (κ2) is 6.34. The summed E-state index contributed by atoms with van der Waals surface area (Å²) in [6, 6.07) is 7.91. The Bertz CT molecular complexity index is 1100. The van der Waals surface area contributed by atoms with Gasteiger partial charge in [-0.1, -0.05) is 22.9 Å². The lowest BCUT2D eigenvalue weighted by molar-refractivity contribution is 0.520. The van der Waals surface area contributed by atoms with E-state index in [9.17, 15) is 22.0 Å². The highest BCUT2D eigenvalue weighted by Crippen LogP contribution is 2.28. The number of thiazole rings is 1. The van der Waals surface area contributed by atoms with Crippen molar-refractivity contribution in [3.63, 3.8) is 0 Å². The van der Waals surface area contributed by atoms with Crippen LogP contribution in [0.25, 0.3) is 16.9 Å². The number of nitrogens with two attached hydrogens (primary N) is 1. The molecule has 2 N–H and O–H groups in total. The molecule has 0 saturated carbocycles. The van der Waals surface area contributed by atoms with Gasteiger partial charge in [0, 0.05) is 16.0 Å². The molecule has 0 atom stereocenters. The summed E-state index contributed by atoms with van der Waals surface area (Å²) in [4.78, 5) is 10.5. The zero-order chi connectivity index (χ0) is 18.4. The molecular formula is C15H9ClF2N2O3S2. The average Bonchev–Trinajstić information content (AvgIpc) is 2.87. The van der Waals surface area contributed by atoms with Crippen LogP contribution in [0.3, 0.4) is 0 Å². The third-order valence-electron chi connectivity index (χ3n) is 3.36. The van der Waals surface area contributed by atoms with Gasteiger partial charge in [-0.25, -0.2) is 22.3 Å². The lowest BCUT2D eigenvalue weighted by Gasteiger charge is -2.10. The van der Waals surface area contributed by atoms with Crippen LogP contribution in [-0.4, -0.2) is 13.0 Å². The zero-order valence-corrected chi connectivity index (χ0v) is 14.6. The van der Waals surface area contributed by atoms with Crippen LogP contribution in [-0.2, 0) is 10.0 Å². The van der Waals surface area contributed by atoms with Gasteiger partial charge in [0.05, 0.1) is 11.4 Å². The van der Waals surface area contributed by atoms with E-state index < -0.39 is 26.6 Å². The third kappa shape index (κ3) is 3.36. The third-order valence-corrected chi connectivity index (χ3v) is 5.29.